The highest BCUT2D eigenvalue weighted by Crippen LogP contribution is 2.37. The molecule has 10 heteroatoms. The van der Waals surface area contributed by atoms with E-state index in [-0.39, 0.29) is 42.0 Å². The average molecular weight is 661 g/mol. The lowest BCUT2D eigenvalue weighted by Gasteiger charge is -2.22. The normalized spacial score (nSPS) is 16.6. The van der Waals surface area contributed by atoms with Crippen LogP contribution < -0.4 is 4.74 Å². The molecule has 0 radical (unpaired) electrons. The van der Waals surface area contributed by atoms with Gasteiger partial charge in [0.15, 0.2) is 17.5 Å². The third kappa shape index (κ3) is 7.75. The Morgan fingerprint density at radius 2 is 1.45 bits per heavy atom. The molecule has 0 fully saturated rings. The van der Waals surface area contributed by atoms with Crippen molar-refractivity contribution in [3.63, 3.8) is 0 Å². The van der Waals surface area contributed by atoms with Crippen molar-refractivity contribution in [3.05, 3.63) is 142 Å². The number of allylic oxidation sites excluding steroid dienone is 3. The van der Waals surface area contributed by atoms with Crippen LogP contribution in [0.5, 0.6) is 5.75 Å². The zero-order chi connectivity index (χ0) is 33.9. The summed E-state index contributed by atoms with van der Waals surface area (Å²) >= 11 is 0. The van der Waals surface area contributed by atoms with Crippen molar-refractivity contribution < 1.29 is 44.3 Å². The second-order valence-corrected chi connectivity index (χ2v) is 11.4. The molecule has 1 aliphatic rings. The van der Waals surface area contributed by atoms with Crippen LogP contribution in [0, 0.1) is 46.6 Å². The molecule has 0 aromatic heterocycles. The van der Waals surface area contributed by atoms with Crippen LogP contribution in [0.15, 0.2) is 78.9 Å². The summed E-state index contributed by atoms with van der Waals surface area (Å²) in [6.45, 7) is 2.14. The molecule has 47 heavy (non-hydrogen) atoms. The van der Waals surface area contributed by atoms with Crippen LogP contribution in [0.1, 0.15) is 60.8 Å². The minimum Gasteiger partial charge on any atom is -0.429 e. The van der Waals surface area contributed by atoms with Gasteiger partial charge in [-0.1, -0.05) is 55.5 Å². The third-order valence-corrected chi connectivity index (χ3v) is 8.22. The minimum absolute atomic E-state index is 0.113. The van der Waals surface area contributed by atoms with Gasteiger partial charge in [-0.25, -0.2) is 30.7 Å². The van der Waals surface area contributed by atoms with E-state index in [9.17, 15) is 35.1 Å². The molecule has 0 spiro atoms. The van der Waals surface area contributed by atoms with Gasteiger partial charge in [-0.2, -0.15) is 8.78 Å². The Labute approximate surface area is 266 Å². The Morgan fingerprint density at radius 1 is 0.745 bits per heavy atom. The van der Waals surface area contributed by atoms with Crippen LogP contribution >= 0.6 is 0 Å². The number of ether oxygens (including phenoxy) is 1. The number of alkyl halides is 2. The van der Waals surface area contributed by atoms with Crippen molar-refractivity contribution >= 4 is 6.08 Å². The fourth-order valence-electron chi connectivity index (χ4n) is 5.62. The molecule has 0 heterocycles. The summed E-state index contributed by atoms with van der Waals surface area (Å²) in [6, 6.07) is 10.8. The van der Waals surface area contributed by atoms with E-state index < -0.39 is 58.1 Å². The third-order valence-electron chi connectivity index (χ3n) is 8.22. The first-order chi connectivity index (χ1) is 22.4. The van der Waals surface area contributed by atoms with Crippen molar-refractivity contribution in [2.24, 2.45) is 5.92 Å². The number of hydrogen-bond acceptors (Lipinski definition) is 1. The molecule has 0 bridgehead atoms. The highest BCUT2D eigenvalue weighted by molar-refractivity contribution is 5.65. The molecule has 2 atom stereocenters. The number of halogens is 9. The van der Waals surface area contributed by atoms with Gasteiger partial charge >= 0.3 is 6.11 Å². The van der Waals surface area contributed by atoms with Crippen LogP contribution in [-0.4, -0.2) is 0 Å². The number of benzene rings is 4. The van der Waals surface area contributed by atoms with Gasteiger partial charge in [0.2, 0.25) is 0 Å². The molecule has 4 aromatic carbocycles. The van der Waals surface area contributed by atoms with E-state index >= 15 is 4.39 Å². The second-order valence-electron chi connectivity index (χ2n) is 11.4. The zero-order valence-corrected chi connectivity index (χ0v) is 25.1. The Balaban J connectivity index is 1.22. The molecular formula is C37H29F9O. The predicted octanol–water partition coefficient (Wildman–Crippen LogP) is 11.6. The largest absolute Gasteiger partial charge is 0.432 e. The summed E-state index contributed by atoms with van der Waals surface area (Å²) in [5.41, 5.74) is -0.128. The minimum atomic E-state index is -4.70. The number of rotatable bonds is 10. The van der Waals surface area contributed by atoms with Crippen LogP contribution in [0.3, 0.4) is 0 Å². The monoisotopic (exact) mass is 660 g/mol. The lowest BCUT2D eigenvalue weighted by molar-refractivity contribution is -0.189. The highest BCUT2D eigenvalue weighted by Gasteiger charge is 2.41. The lowest BCUT2D eigenvalue weighted by Crippen LogP contribution is -2.25. The van der Waals surface area contributed by atoms with Gasteiger partial charge in [-0.15, -0.1) is 0 Å². The van der Waals surface area contributed by atoms with Gasteiger partial charge in [-0.05, 0) is 84.5 Å². The summed E-state index contributed by atoms with van der Waals surface area (Å²) in [6.07, 6.45) is 5.75. The van der Waals surface area contributed by atoms with E-state index in [1.165, 1.54) is 30.4 Å². The molecule has 0 saturated carbocycles. The smallest absolute Gasteiger partial charge is 0.429 e. The second kappa shape index (κ2) is 14.1. The van der Waals surface area contributed by atoms with E-state index in [1.54, 1.807) is 12.1 Å². The standard InChI is InChI=1S/C37H29F9O/c1-2-21-7-9-23(10-8-21)25-13-14-28(30(39)17-25)26-12-11-24(29(38)18-26)6-4-3-5-22-15-31(40)35(32(41)16-22)37(45,46)47-27-19-33(42)36(44)34(43)20-27/h3,5,7,9,11-21,23H,2,4,6,8,10H2,1H3/b5-3+. The molecule has 1 nitrogen and oxygen atoms in total. The van der Waals surface area contributed by atoms with E-state index in [0.717, 1.165) is 24.8 Å². The van der Waals surface area contributed by atoms with Gasteiger partial charge in [0.05, 0.1) is 0 Å². The van der Waals surface area contributed by atoms with Crippen molar-refractivity contribution in [2.75, 3.05) is 0 Å². The zero-order valence-electron chi connectivity index (χ0n) is 25.1. The summed E-state index contributed by atoms with van der Waals surface area (Å²) < 4.78 is 132. The molecular weight excluding hydrogens is 631 g/mol. The maximum Gasteiger partial charge on any atom is 0.432 e. The van der Waals surface area contributed by atoms with E-state index in [2.05, 4.69) is 23.8 Å². The summed E-state index contributed by atoms with van der Waals surface area (Å²) in [4.78, 5) is 0. The first-order valence-corrected chi connectivity index (χ1v) is 15.0. The maximum atomic E-state index is 15.1. The molecule has 0 amide bonds. The Kier molecular flexibility index (Phi) is 10.2. The summed E-state index contributed by atoms with van der Waals surface area (Å²) in [5.74, 6) is -10.5. The Morgan fingerprint density at radius 3 is 2.04 bits per heavy atom. The van der Waals surface area contributed by atoms with Gasteiger partial charge < -0.3 is 4.74 Å². The summed E-state index contributed by atoms with van der Waals surface area (Å²) in [5, 5.41) is 0. The molecule has 2 unspecified atom stereocenters. The number of aryl methyl sites for hydroxylation is 1. The summed E-state index contributed by atoms with van der Waals surface area (Å²) in [7, 11) is 0. The lowest BCUT2D eigenvalue weighted by atomic mass is 9.83. The molecule has 0 saturated heterocycles. The SMILES string of the molecule is CCC1C=CC(c2ccc(-c3ccc(CC/C=C/c4cc(F)c(C(F)(F)Oc5cc(F)c(F)c(F)c5)c(F)c4)c(F)c3)c(F)c2)CC1. The quantitative estimate of drug-likeness (QED) is 0.0935. The van der Waals surface area contributed by atoms with Crippen LogP contribution in [0.4, 0.5) is 39.5 Å². The molecule has 1 aliphatic carbocycles. The number of hydrogen-bond donors (Lipinski definition) is 0. The Hall–Kier alpha value is -4.47. The van der Waals surface area contributed by atoms with Crippen LogP contribution in [0.25, 0.3) is 17.2 Å². The Bertz CT molecular complexity index is 1780. The van der Waals surface area contributed by atoms with Crippen molar-refractivity contribution in [3.8, 4) is 16.9 Å². The molecule has 0 N–H and O–H groups in total. The average Bonchev–Trinajstić information content (AvgIpc) is 3.02. The highest BCUT2D eigenvalue weighted by atomic mass is 19.3. The van der Waals surface area contributed by atoms with E-state index in [0.29, 0.717) is 29.2 Å². The molecule has 4 aromatic rings. The maximum absolute atomic E-state index is 15.1. The first-order valence-electron chi connectivity index (χ1n) is 15.0. The van der Waals surface area contributed by atoms with Crippen LogP contribution in [0.2, 0.25) is 0 Å². The molecule has 246 valence electrons. The molecule has 0 aliphatic heterocycles. The van der Waals surface area contributed by atoms with Crippen molar-refractivity contribution in [1.29, 1.82) is 0 Å². The van der Waals surface area contributed by atoms with Gasteiger partial charge in [0.25, 0.3) is 0 Å². The predicted molar refractivity (Wildman–Crippen MR) is 161 cm³/mol. The molecule has 5 rings (SSSR count). The fraction of sp³-hybridized carbons (Fsp3) is 0.243. The van der Waals surface area contributed by atoms with Crippen molar-refractivity contribution in [1.82, 2.24) is 0 Å². The topological polar surface area (TPSA) is 9.23 Å². The van der Waals surface area contributed by atoms with Gasteiger partial charge in [0, 0.05) is 23.6 Å². The first kappa shape index (κ1) is 33.9. The fourth-order valence-corrected chi connectivity index (χ4v) is 5.62. The van der Waals surface area contributed by atoms with E-state index in [4.69, 9.17) is 0 Å². The van der Waals surface area contributed by atoms with Gasteiger partial charge in [0.1, 0.15) is 34.6 Å². The van der Waals surface area contributed by atoms with Crippen molar-refractivity contribution in [2.45, 2.75) is 51.1 Å². The van der Waals surface area contributed by atoms with Crippen LogP contribution in [-0.2, 0) is 12.5 Å². The van der Waals surface area contributed by atoms with Gasteiger partial charge in [-0.3, -0.25) is 0 Å². The van der Waals surface area contributed by atoms with E-state index in [1.807, 2.05) is 6.07 Å².